The van der Waals surface area contributed by atoms with Gasteiger partial charge in [-0.2, -0.15) is 0 Å². The molecule has 1 atom stereocenters. The smallest absolute Gasteiger partial charge is 0.233 e. The third-order valence-electron chi connectivity index (χ3n) is 4.98. The third kappa shape index (κ3) is 5.15. The van der Waals surface area contributed by atoms with Crippen LogP contribution in [0.2, 0.25) is 0 Å². The highest BCUT2D eigenvalue weighted by atomic mass is 32.2. The van der Waals surface area contributed by atoms with E-state index >= 15 is 0 Å². The molecule has 28 heavy (non-hydrogen) atoms. The van der Waals surface area contributed by atoms with Gasteiger partial charge in [-0.3, -0.25) is 4.79 Å². The molecule has 2 saturated heterocycles. The lowest BCUT2D eigenvalue weighted by atomic mass is 10.2. The second-order valence-electron chi connectivity index (χ2n) is 6.88. The highest BCUT2D eigenvalue weighted by Gasteiger charge is 2.22. The molecule has 1 unspecified atom stereocenters. The molecule has 1 aromatic carbocycles. The number of amides is 1. The first-order chi connectivity index (χ1) is 13.8. The van der Waals surface area contributed by atoms with Crippen molar-refractivity contribution < 1.29 is 9.53 Å². The molecule has 0 saturated carbocycles. The summed E-state index contributed by atoms with van der Waals surface area (Å²) in [5.41, 5.74) is 1.22. The van der Waals surface area contributed by atoms with E-state index in [0.29, 0.717) is 5.75 Å². The number of carbonyl (C=O) groups is 1. The maximum atomic E-state index is 12.5. The third-order valence-corrected chi connectivity index (χ3v) is 6.98. The molecule has 0 bridgehead atoms. The van der Waals surface area contributed by atoms with Gasteiger partial charge in [0.25, 0.3) is 0 Å². The number of piperazine rings is 1. The Morgan fingerprint density at radius 1 is 1.21 bits per heavy atom. The molecule has 2 aromatic rings. The SMILES string of the molecule is O=C(CSc1nnc(NCC2CCCO2)s1)N1CCN(c2ccccc2)CC1. The summed E-state index contributed by atoms with van der Waals surface area (Å²) in [4.78, 5) is 16.8. The van der Waals surface area contributed by atoms with Crippen LogP contribution in [-0.4, -0.2) is 72.2 Å². The molecular formula is C19H25N5O2S2. The Bertz CT molecular complexity index is 759. The van der Waals surface area contributed by atoms with E-state index in [1.165, 1.54) is 28.8 Å². The Labute approximate surface area is 173 Å². The number of ether oxygens (including phenoxy) is 1. The van der Waals surface area contributed by atoms with Gasteiger partial charge in [-0.15, -0.1) is 10.2 Å². The van der Waals surface area contributed by atoms with Crippen molar-refractivity contribution in [2.45, 2.75) is 23.3 Å². The number of aromatic nitrogens is 2. The number of hydrogen-bond acceptors (Lipinski definition) is 8. The molecule has 7 nitrogen and oxygen atoms in total. The fraction of sp³-hybridized carbons (Fsp3) is 0.526. The summed E-state index contributed by atoms with van der Waals surface area (Å²) in [5, 5.41) is 12.4. The monoisotopic (exact) mass is 419 g/mol. The summed E-state index contributed by atoms with van der Waals surface area (Å²) in [6.45, 7) is 4.89. The van der Waals surface area contributed by atoms with Crippen LogP contribution < -0.4 is 10.2 Å². The zero-order valence-corrected chi connectivity index (χ0v) is 17.4. The first-order valence-electron chi connectivity index (χ1n) is 9.67. The normalized spacial score (nSPS) is 19.8. The van der Waals surface area contributed by atoms with Gasteiger partial charge in [0.15, 0.2) is 4.34 Å². The zero-order valence-electron chi connectivity index (χ0n) is 15.7. The molecule has 1 aromatic heterocycles. The summed E-state index contributed by atoms with van der Waals surface area (Å²) in [5.74, 6) is 0.577. The molecule has 3 heterocycles. The molecular weight excluding hydrogens is 394 g/mol. The first kappa shape index (κ1) is 19.5. The number of hydrogen-bond donors (Lipinski definition) is 1. The van der Waals surface area contributed by atoms with Crippen molar-refractivity contribution in [2.24, 2.45) is 0 Å². The second-order valence-corrected chi connectivity index (χ2v) is 9.08. The van der Waals surface area contributed by atoms with E-state index in [1.54, 1.807) is 0 Å². The van der Waals surface area contributed by atoms with Crippen molar-refractivity contribution in [3.8, 4) is 0 Å². The average molecular weight is 420 g/mol. The lowest BCUT2D eigenvalue weighted by molar-refractivity contribution is -0.128. The number of rotatable bonds is 7. The molecule has 0 radical (unpaired) electrons. The van der Waals surface area contributed by atoms with Crippen LogP contribution in [0.1, 0.15) is 12.8 Å². The van der Waals surface area contributed by atoms with Gasteiger partial charge in [-0.25, -0.2) is 0 Å². The second kappa shape index (κ2) is 9.58. The minimum absolute atomic E-state index is 0.168. The highest BCUT2D eigenvalue weighted by molar-refractivity contribution is 8.01. The molecule has 0 aliphatic carbocycles. The lowest BCUT2D eigenvalue weighted by Gasteiger charge is -2.36. The van der Waals surface area contributed by atoms with E-state index in [4.69, 9.17) is 4.74 Å². The van der Waals surface area contributed by atoms with Crippen molar-refractivity contribution in [3.05, 3.63) is 30.3 Å². The Morgan fingerprint density at radius 3 is 2.79 bits per heavy atom. The molecule has 150 valence electrons. The molecule has 2 aliphatic heterocycles. The fourth-order valence-electron chi connectivity index (χ4n) is 3.41. The van der Waals surface area contributed by atoms with Crippen molar-refractivity contribution in [2.75, 3.05) is 55.3 Å². The Balaban J connectivity index is 1.18. The molecule has 0 spiro atoms. The van der Waals surface area contributed by atoms with Crippen LogP contribution in [-0.2, 0) is 9.53 Å². The van der Waals surface area contributed by atoms with Crippen LogP contribution >= 0.6 is 23.1 Å². The summed E-state index contributed by atoms with van der Waals surface area (Å²) < 4.78 is 6.42. The maximum absolute atomic E-state index is 12.5. The van der Waals surface area contributed by atoms with Crippen LogP contribution in [0, 0.1) is 0 Å². The number of nitrogens with zero attached hydrogens (tertiary/aromatic N) is 4. The fourth-order valence-corrected chi connectivity index (χ4v) is 5.08. The van der Waals surface area contributed by atoms with E-state index < -0.39 is 0 Å². The van der Waals surface area contributed by atoms with E-state index in [0.717, 1.165) is 61.6 Å². The average Bonchev–Trinajstić information content (AvgIpc) is 3.43. The van der Waals surface area contributed by atoms with Crippen LogP contribution in [0.15, 0.2) is 34.7 Å². The number of anilines is 2. The van der Waals surface area contributed by atoms with E-state index in [2.05, 4.69) is 44.7 Å². The predicted octanol–water partition coefficient (Wildman–Crippen LogP) is 2.57. The van der Waals surface area contributed by atoms with Crippen molar-refractivity contribution >= 4 is 39.8 Å². The van der Waals surface area contributed by atoms with Gasteiger partial charge < -0.3 is 19.9 Å². The topological polar surface area (TPSA) is 70.6 Å². The van der Waals surface area contributed by atoms with Gasteiger partial charge in [-0.1, -0.05) is 41.3 Å². The summed E-state index contributed by atoms with van der Waals surface area (Å²) in [6.07, 6.45) is 2.50. The Kier molecular flexibility index (Phi) is 6.66. The Morgan fingerprint density at radius 2 is 2.04 bits per heavy atom. The quantitative estimate of drug-likeness (QED) is 0.692. The van der Waals surface area contributed by atoms with Crippen LogP contribution in [0.25, 0.3) is 0 Å². The molecule has 2 aliphatic rings. The summed E-state index contributed by atoms with van der Waals surface area (Å²) >= 11 is 2.96. The number of para-hydroxylation sites is 1. The van der Waals surface area contributed by atoms with Crippen LogP contribution in [0.3, 0.4) is 0 Å². The highest BCUT2D eigenvalue weighted by Crippen LogP contribution is 2.26. The van der Waals surface area contributed by atoms with Gasteiger partial charge in [0, 0.05) is 45.0 Å². The van der Waals surface area contributed by atoms with Gasteiger partial charge >= 0.3 is 0 Å². The van der Waals surface area contributed by atoms with Crippen LogP contribution in [0.4, 0.5) is 10.8 Å². The van der Waals surface area contributed by atoms with E-state index in [9.17, 15) is 4.79 Å². The summed E-state index contributed by atoms with van der Waals surface area (Å²) in [6, 6.07) is 10.4. The maximum Gasteiger partial charge on any atom is 0.233 e. The van der Waals surface area contributed by atoms with Crippen molar-refractivity contribution in [1.82, 2.24) is 15.1 Å². The van der Waals surface area contributed by atoms with E-state index in [-0.39, 0.29) is 12.0 Å². The number of thioether (sulfide) groups is 1. The van der Waals surface area contributed by atoms with E-state index in [1.807, 2.05) is 11.0 Å². The Hall–Kier alpha value is -1.84. The molecule has 2 fully saturated rings. The van der Waals surface area contributed by atoms with Gasteiger partial charge in [0.1, 0.15) is 0 Å². The molecule has 4 rings (SSSR count). The zero-order chi connectivity index (χ0) is 19.2. The number of nitrogens with one attached hydrogen (secondary N) is 1. The predicted molar refractivity (Wildman–Crippen MR) is 113 cm³/mol. The van der Waals surface area contributed by atoms with Gasteiger partial charge in [0.05, 0.1) is 11.9 Å². The van der Waals surface area contributed by atoms with Crippen molar-refractivity contribution in [3.63, 3.8) is 0 Å². The van der Waals surface area contributed by atoms with Gasteiger partial charge in [-0.05, 0) is 25.0 Å². The first-order valence-corrected chi connectivity index (χ1v) is 11.5. The molecule has 1 N–H and O–H groups in total. The standard InChI is InChI=1S/C19H25N5O2S2/c25-17(24-10-8-23(9-11-24)15-5-2-1-3-6-15)14-27-19-22-21-18(28-19)20-13-16-7-4-12-26-16/h1-3,5-6,16H,4,7-14H2,(H,20,21). The molecule has 9 heteroatoms. The molecule has 1 amide bonds. The minimum Gasteiger partial charge on any atom is -0.376 e. The van der Waals surface area contributed by atoms with Crippen LogP contribution in [0.5, 0.6) is 0 Å². The number of carbonyl (C=O) groups excluding carboxylic acids is 1. The largest absolute Gasteiger partial charge is 0.376 e. The lowest BCUT2D eigenvalue weighted by Crippen LogP contribution is -2.49. The van der Waals surface area contributed by atoms with Crippen molar-refractivity contribution in [1.29, 1.82) is 0 Å². The number of benzene rings is 1. The van der Waals surface area contributed by atoms with Gasteiger partial charge in [0.2, 0.25) is 11.0 Å². The minimum atomic E-state index is 0.168. The summed E-state index contributed by atoms with van der Waals surface area (Å²) in [7, 11) is 0.